The SMILES string of the molecule is COc1cccc(OC)c1-n1c(COC(C)C)nc(=O)c(C(=O)N2CCC(c3ccccc3Cl)C2)c1O. The van der Waals surface area contributed by atoms with Crippen molar-refractivity contribution in [3.63, 3.8) is 0 Å². The first kappa shape index (κ1) is 26.5. The van der Waals surface area contributed by atoms with Crippen LogP contribution in [0.5, 0.6) is 17.4 Å². The maximum absolute atomic E-state index is 13.6. The average molecular weight is 528 g/mol. The van der Waals surface area contributed by atoms with Crippen LogP contribution < -0.4 is 15.0 Å². The average Bonchev–Trinajstić information content (AvgIpc) is 3.37. The summed E-state index contributed by atoms with van der Waals surface area (Å²) in [6.45, 7) is 4.36. The van der Waals surface area contributed by atoms with Crippen LogP contribution in [0.25, 0.3) is 5.69 Å². The van der Waals surface area contributed by atoms with Crippen LogP contribution >= 0.6 is 11.6 Å². The fourth-order valence-electron chi connectivity index (χ4n) is 4.53. The molecule has 1 aromatic heterocycles. The highest BCUT2D eigenvalue weighted by Crippen LogP contribution is 2.37. The Kier molecular flexibility index (Phi) is 8.04. The highest BCUT2D eigenvalue weighted by Gasteiger charge is 2.34. The van der Waals surface area contributed by atoms with Crippen molar-refractivity contribution in [2.45, 2.75) is 38.9 Å². The van der Waals surface area contributed by atoms with Crippen molar-refractivity contribution >= 4 is 17.5 Å². The van der Waals surface area contributed by atoms with Gasteiger partial charge in [-0.05, 0) is 44.0 Å². The van der Waals surface area contributed by atoms with Gasteiger partial charge in [0, 0.05) is 24.0 Å². The van der Waals surface area contributed by atoms with E-state index in [1.807, 2.05) is 38.1 Å². The third-order valence-corrected chi connectivity index (χ3v) is 6.69. The summed E-state index contributed by atoms with van der Waals surface area (Å²) in [6.07, 6.45) is 0.512. The van der Waals surface area contributed by atoms with Crippen LogP contribution in [0.1, 0.15) is 47.9 Å². The van der Waals surface area contributed by atoms with E-state index in [-0.39, 0.29) is 24.5 Å². The fraction of sp³-hybridized carbons (Fsp3) is 0.370. The monoisotopic (exact) mass is 527 g/mol. The molecule has 3 aromatic rings. The van der Waals surface area contributed by atoms with Gasteiger partial charge in [0.25, 0.3) is 11.5 Å². The largest absolute Gasteiger partial charge is 0.494 e. The van der Waals surface area contributed by atoms with E-state index in [9.17, 15) is 14.7 Å². The summed E-state index contributed by atoms with van der Waals surface area (Å²) in [7, 11) is 2.95. The zero-order valence-corrected chi connectivity index (χ0v) is 22.0. The van der Waals surface area contributed by atoms with Crippen LogP contribution in [0, 0.1) is 0 Å². The lowest BCUT2D eigenvalue weighted by molar-refractivity contribution is 0.0590. The number of rotatable bonds is 8. The second kappa shape index (κ2) is 11.2. The van der Waals surface area contributed by atoms with Crippen LogP contribution in [0.3, 0.4) is 0 Å². The lowest BCUT2D eigenvalue weighted by Gasteiger charge is -2.23. The number of para-hydroxylation sites is 1. The molecule has 1 amide bonds. The molecule has 0 saturated carbocycles. The van der Waals surface area contributed by atoms with Gasteiger partial charge < -0.3 is 24.2 Å². The molecule has 10 heteroatoms. The molecule has 1 atom stereocenters. The summed E-state index contributed by atoms with van der Waals surface area (Å²) in [5.41, 5.74) is -0.0272. The van der Waals surface area contributed by atoms with Crippen LogP contribution in [-0.2, 0) is 11.3 Å². The van der Waals surface area contributed by atoms with Gasteiger partial charge in [0.15, 0.2) is 5.56 Å². The number of ether oxygens (including phenoxy) is 3. The minimum atomic E-state index is -0.837. The highest BCUT2D eigenvalue weighted by atomic mass is 35.5. The second-order valence-electron chi connectivity index (χ2n) is 9.00. The predicted molar refractivity (Wildman–Crippen MR) is 139 cm³/mol. The summed E-state index contributed by atoms with van der Waals surface area (Å²) in [4.78, 5) is 32.4. The summed E-state index contributed by atoms with van der Waals surface area (Å²) >= 11 is 6.37. The Morgan fingerprint density at radius 1 is 1.14 bits per heavy atom. The fourth-order valence-corrected chi connectivity index (χ4v) is 4.82. The third kappa shape index (κ3) is 5.28. The second-order valence-corrected chi connectivity index (χ2v) is 9.40. The van der Waals surface area contributed by atoms with Gasteiger partial charge >= 0.3 is 0 Å². The Bertz CT molecular complexity index is 1330. The number of methoxy groups -OCH3 is 2. The number of halogens is 1. The minimum absolute atomic E-state index is 0.0167. The topological polar surface area (TPSA) is 103 Å². The molecule has 0 aliphatic carbocycles. The number of aromatic nitrogens is 2. The van der Waals surface area contributed by atoms with E-state index < -0.39 is 22.9 Å². The van der Waals surface area contributed by atoms with Gasteiger partial charge in [-0.15, -0.1) is 0 Å². The Morgan fingerprint density at radius 2 is 1.81 bits per heavy atom. The number of benzene rings is 2. The molecule has 1 unspecified atom stereocenters. The molecule has 1 aliphatic heterocycles. The zero-order valence-electron chi connectivity index (χ0n) is 21.2. The Morgan fingerprint density at radius 3 is 2.43 bits per heavy atom. The van der Waals surface area contributed by atoms with Crippen molar-refractivity contribution in [2.24, 2.45) is 0 Å². The molecule has 4 rings (SSSR count). The van der Waals surface area contributed by atoms with E-state index in [1.165, 1.54) is 18.8 Å². The van der Waals surface area contributed by atoms with Crippen molar-refractivity contribution < 1.29 is 24.1 Å². The van der Waals surface area contributed by atoms with E-state index in [1.54, 1.807) is 23.1 Å². The van der Waals surface area contributed by atoms with Crippen LogP contribution in [-0.4, -0.2) is 58.9 Å². The van der Waals surface area contributed by atoms with Gasteiger partial charge in [-0.1, -0.05) is 35.9 Å². The van der Waals surface area contributed by atoms with Gasteiger partial charge in [-0.3, -0.25) is 14.2 Å². The van der Waals surface area contributed by atoms with Crippen molar-refractivity contribution in [2.75, 3.05) is 27.3 Å². The molecular weight excluding hydrogens is 498 g/mol. The summed E-state index contributed by atoms with van der Waals surface area (Å²) in [5, 5.41) is 12.1. The van der Waals surface area contributed by atoms with Crippen molar-refractivity contribution in [1.29, 1.82) is 0 Å². The Balaban J connectivity index is 1.80. The van der Waals surface area contributed by atoms with E-state index in [4.69, 9.17) is 25.8 Å². The lowest BCUT2D eigenvalue weighted by Crippen LogP contribution is -2.35. The normalized spacial score (nSPS) is 15.3. The van der Waals surface area contributed by atoms with Crippen molar-refractivity contribution in [1.82, 2.24) is 14.5 Å². The van der Waals surface area contributed by atoms with Crippen molar-refractivity contribution in [3.8, 4) is 23.1 Å². The smallest absolute Gasteiger partial charge is 0.289 e. The first-order valence-electron chi connectivity index (χ1n) is 12.0. The van der Waals surface area contributed by atoms with Crippen molar-refractivity contribution in [3.05, 3.63) is 74.8 Å². The number of hydrogen-bond acceptors (Lipinski definition) is 7. The Hall–Kier alpha value is -3.56. The maximum atomic E-state index is 13.6. The molecule has 0 spiro atoms. The molecule has 196 valence electrons. The summed E-state index contributed by atoms with van der Waals surface area (Å²) in [6, 6.07) is 12.6. The molecule has 1 saturated heterocycles. The minimum Gasteiger partial charge on any atom is -0.494 e. The highest BCUT2D eigenvalue weighted by molar-refractivity contribution is 6.31. The number of carbonyl (C=O) groups excluding carboxylic acids is 1. The van der Waals surface area contributed by atoms with Gasteiger partial charge in [0.2, 0.25) is 5.88 Å². The maximum Gasteiger partial charge on any atom is 0.289 e. The molecule has 1 fully saturated rings. The number of likely N-dealkylation sites (tertiary alicyclic amines) is 1. The van der Waals surface area contributed by atoms with E-state index in [2.05, 4.69) is 4.98 Å². The molecule has 0 bridgehead atoms. The number of hydrogen-bond donors (Lipinski definition) is 1. The molecule has 2 heterocycles. The van der Waals surface area contributed by atoms with Gasteiger partial charge in [0.1, 0.15) is 29.6 Å². The van der Waals surface area contributed by atoms with E-state index >= 15 is 0 Å². The van der Waals surface area contributed by atoms with E-state index in [0.29, 0.717) is 41.7 Å². The molecule has 1 N–H and O–H groups in total. The number of amides is 1. The first-order valence-corrected chi connectivity index (χ1v) is 12.4. The summed E-state index contributed by atoms with van der Waals surface area (Å²) < 4.78 is 18.0. The number of carbonyl (C=O) groups is 1. The quantitative estimate of drug-likeness (QED) is 0.469. The predicted octanol–water partition coefficient (Wildman–Crippen LogP) is 4.16. The van der Waals surface area contributed by atoms with Gasteiger partial charge in [-0.25, -0.2) is 0 Å². The molecule has 2 aromatic carbocycles. The van der Waals surface area contributed by atoms with Gasteiger partial charge in [0.05, 0.1) is 20.3 Å². The first-order chi connectivity index (χ1) is 17.8. The van der Waals surface area contributed by atoms with Crippen LogP contribution in [0.2, 0.25) is 5.02 Å². The molecule has 1 aliphatic rings. The zero-order chi connectivity index (χ0) is 26.7. The lowest BCUT2D eigenvalue weighted by atomic mass is 9.98. The van der Waals surface area contributed by atoms with E-state index in [0.717, 1.165) is 5.56 Å². The molecule has 0 radical (unpaired) electrons. The molecule has 37 heavy (non-hydrogen) atoms. The van der Waals surface area contributed by atoms with Gasteiger partial charge in [-0.2, -0.15) is 4.98 Å². The summed E-state index contributed by atoms with van der Waals surface area (Å²) in [5.74, 6) is -0.345. The Labute approximate surface area is 220 Å². The molecular formula is C27H30ClN3O6. The third-order valence-electron chi connectivity index (χ3n) is 6.34. The van der Waals surface area contributed by atoms with Crippen LogP contribution in [0.4, 0.5) is 0 Å². The number of aromatic hydroxyl groups is 1. The van der Waals surface area contributed by atoms with Crippen LogP contribution in [0.15, 0.2) is 47.3 Å². The standard InChI is InChI=1S/C27H30ClN3O6/c1-16(2)37-15-22-29-25(32)23(27(34)31(22)24-20(35-3)10-7-11-21(24)36-4)26(33)30-13-12-17(14-30)18-8-5-6-9-19(18)28/h5-11,16-17,34H,12-15H2,1-4H3. The molecule has 9 nitrogen and oxygen atoms in total. The number of nitrogens with zero attached hydrogens (tertiary/aromatic N) is 3.